The molecule has 17 nitrogen and oxygen atoms in total. The number of nitrogens with zero attached hydrogens (tertiary/aromatic N) is 4. The van der Waals surface area contributed by atoms with E-state index in [1.807, 2.05) is 30.3 Å². The average molecular weight is 595 g/mol. The molecule has 1 aromatic rings. The molecule has 0 bridgehead atoms. The maximum absolute atomic E-state index is 13.5. The lowest BCUT2D eigenvalue weighted by Gasteiger charge is -2.30. The van der Waals surface area contributed by atoms with Gasteiger partial charge in [-0.15, -0.1) is 0 Å². The first-order valence-corrected chi connectivity index (χ1v) is 13.2. The van der Waals surface area contributed by atoms with Gasteiger partial charge >= 0.3 is 11.9 Å². The molecule has 0 saturated carbocycles. The number of aliphatic imine (C=N–C) groups is 1. The van der Waals surface area contributed by atoms with E-state index >= 15 is 0 Å². The summed E-state index contributed by atoms with van der Waals surface area (Å²) in [6.45, 7) is 1.43. The van der Waals surface area contributed by atoms with Crippen molar-refractivity contribution >= 4 is 35.6 Å². The molecule has 11 N–H and O–H groups in total. The molecule has 0 aliphatic carbocycles. The first kappa shape index (κ1) is 35.7. The highest BCUT2D eigenvalue weighted by Crippen LogP contribution is 2.05. The number of nitrogens with two attached hydrogens (primary N) is 3. The topological polar surface area (TPSA) is 262 Å². The second-order valence-electron chi connectivity index (χ2n) is 9.51. The third-order valence-corrected chi connectivity index (χ3v) is 5.70. The molecule has 0 fully saturated rings. The largest absolute Gasteiger partial charge is 0.480 e. The lowest BCUT2D eigenvalue weighted by molar-refractivity contribution is -0.152. The molecule has 0 aliphatic heterocycles. The van der Waals surface area contributed by atoms with Crippen molar-refractivity contribution in [2.75, 3.05) is 39.3 Å². The van der Waals surface area contributed by atoms with Crippen LogP contribution in [0.5, 0.6) is 0 Å². The Labute approximate surface area is 244 Å². The Morgan fingerprint density at radius 1 is 0.929 bits per heavy atom. The Balaban J connectivity index is 3.11. The van der Waals surface area contributed by atoms with Gasteiger partial charge in [-0.3, -0.25) is 44.8 Å². The van der Waals surface area contributed by atoms with E-state index in [0.717, 1.165) is 15.6 Å². The van der Waals surface area contributed by atoms with Crippen LogP contribution in [-0.4, -0.2) is 112 Å². The van der Waals surface area contributed by atoms with E-state index in [1.54, 1.807) is 13.8 Å². The molecule has 0 heterocycles. The quantitative estimate of drug-likeness (QED) is 0.0249. The van der Waals surface area contributed by atoms with Crippen LogP contribution in [0.15, 0.2) is 35.3 Å². The van der Waals surface area contributed by atoms with Gasteiger partial charge in [-0.25, -0.2) is 15.9 Å². The Kier molecular flexibility index (Phi) is 16.1. The highest BCUT2D eigenvalue weighted by molar-refractivity contribution is 5.91. The van der Waals surface area contributed by atoms with Crippen LogP contribution in [0.3, 0.4) is 0 Å². The molecule has 0 saturated heterocycles. The summed E-state index contributed by atoms with van der Waals surface area (Å²) in [5, 5.41) is 23.9. The van der Waals surface area contributed by atoms with Gasteiger partial charge in [-0.1, -0.05) is 30.3 Å². The van der Waals surface area contributed by atoms with Crippen molar-refractivity contribution in [3.63, 3.8) is 0 Å². The van der Waals surface area contributed by atoms with E-state index < -0.39 is 55.3 Å². The molecule has 0 unspecified atom stereocenters. The monoisotopic (exact) mass is 594 g/mol. The summed E-state index contributed by atoms with van der Waals surface area (Å²) >= 11 is 0. The zero-order valence-corrected chi connectivity index (χ0v) is 23.9. The number of amides is 3. The molecule has 0 aromatic heterocycles. The van der Waals surface area contributed by atoms with Crippen molar-refractivity contribution in [2.24, 2.45) is 22.3 Å². The zero-order chi connectivity index (χ0) is 31.7. The number of guanidine groups is 1. The lowest BCUT2D eigenvalue weighted by Crippen LogP contribution is -2.59. The summed E-state index contributed by atoms with van der Waals surface area (Å²) in [7, 11) is 0. The highest BCUT2D eigenvalue weighted by atomic mass is 16.4. The van der Waals surface area contributed by atoms with Gasteiger partial charge in [-0.05, 0) is 38.7 Å². The lowest BCUT2D eigenvalue weighted by atomic mass is 10.1. The van der Waals surface area contributed by atoms with Crippen molar-refractivity contribution in [1.82, 2.24) is 31.2 Å². The van der Waals surface area contributed by atoms with Gasteiger partial charge in [-0.2, -0.15) is 0 Å². The van der Waals surface area contributed by atoms with Crippen LogP contribution in [0.25, 0.3) is 0 Å². The number of carbonyl (C=O) groups excluding carboxylic acids is 3. The van der Waals surface area contributed by atoms with E-state index in [2.05, 4.69) is 21.2 Å². The molecule has 17 heteroatoms. The molecule has 0 spiro atoms. The second-order valence-corrected chi connectivity index (χ2v) is 9.51. The van der Waals surface area contributed by atoms with Crippen LogP contribution in [0.1, 0.15) is 32.3 Å². The van der Waals surface area contributed by atoms with Gasteiger partial charge in [0.25, 0.3) is 11.8 Å². The summed E-state index contributed by atoms with van der Waals surface area (Å²) < 4.78 is 0. The summed E-state index contributed by atoms with van der Waals surface area (Å²) in [5.41, 5.74) is 16.7. The van der Waals surface area contributed by atoms with Crippen LogP contribution in [-0.2, 0) is 30.4 Å². The predicted molar refractivity (Wildman–Crippen MR) is 153 cm³/mol. The smallest absolute Gasteiger partial charge is 0.324 e. The Morgan fingerprint density at radius 2 is 1.60 bits per heavy atom. The van der Waals surface area contributed by atoms with Crippen molar-refractivity contribution in [1.29, 1.82) is 0 Å². The third-order valence-electron chi connectivity index (χ3n) is 5.70. The molecular weight excluding hydrogens is 552 g/mol. The minimum absolute atomic E-state index is 0.0290. The van der Waals surface area contributed by atoms with Crippen molar-refractivity contribution in [3.8, 4) is 0 Å². The molecule has 1 atom stereocenters. The number of hydrazine groups is 3. The molecular formula is C25H42N10O7. The fraction of sp³-hybridized carbons (Fsp3) is 0.520. The van der Waals surface area contributed by atoms with Gasteiger partial charge in [0, 0.05) is 19.1 Å². The number of aliphatic carboxylic acids is 2. The Morgan fingerprint density at radius 3 is 2.17 bits per heavy atom. The van der Waals surface area contributed by atoms with Gasteiger partial charge in [0.2, 0.25) is 5.91 Å². The number of hydrogen-bond acceptors (Lipinski definition) is 10. The van der Waals surface area contributed by atoms with Gasteiger partial charge in [0.1, 0.15) is 25.7 Å². The fourth-order valence-electron chi connectivity index (χ4n) is 3.48. The molecule has 0 aliphatic rings. The SMILES string of the molecule is CC(C)N(N)CC(=O)N[C@@H](CCCN=C(N)N)C(=O)N(CC(=O)N(CC(=O)O)NCCc1ccccc1)NCC(=O)O. The van der Waals surface area contributed by atoms with Gasteiger partial charge in [0.15, 0.2) is 5.96 Å². The molecule has 234 valence electrons. The number of nitrogens with one attached hydrogen (secondary N) is 3. The summed E-state index contributed by atoms with van der Waals surface area (Å²) in [6, 6.07) is 7.87. The minimum atomic E-state index is -1.33. The van der Waals surface area contributed by atoms with Crippen molar-refractivity contribution < 1.29 is 34.2 Å². The van der Waals surface area contributed by atoms with Gasteiger partial charge < -0.3 is 27.0 Å². The van der Waals surface area contributed by atoms with Crippen LogP contribution in [0.2, 0.25) is 0 Å². The Bertz CT molecular complexity index is 1070. The van der Waals surface area contributed by atoms with Crippen LogP contribution >= 0.6 is 0 Å². The molecule has 1 rings (SSSR count). The first-order chi connectivity index (χ1) is 19.8. The van der Waals surface area contributed by atoms with Crippen LogP contribution in [0.4, 0.5) is 0 Å². The third kappa shape index (κ3) is 14.9. The number of carboxylic acid groups (broad SMARTS) is 2. The summed E-state index contributed by atoms with van der Waals surface area (Å²) in [6.07, 6.45) is 0.752. The minimum Gasteiger partial charge on any atom is -0.480 e. The van der Waals surface area contributed by atoms with Crippen LogP contribution in [0, 0.1) is 0 Å². The number of carboxylic acids is 2. The molecule has 0 radical (unpaired) electrons. The highest BCUT2D eigenvalue weighted by Gasteiger charge is 2.30. The van der Waals surface area contributed by atoms with E-state index in [0.29, 0.717) is 6.42 Å². The predicted octanol–water partition coefficient (Wildman–Crippen LogP) is -2.81. The van der Waals surface area contributed by atoms with Crippen LogP contribution < -0.4 is 33.5 Å². The van der Waals surface area contributed by atoms with E-state index in [9.17, 15) is 34.2 Å². The van der Waals surface area contributed by atoms with E-state index in [4.69, 9.17) is 17.3 Å². The normalized spacial score (nSPS) is 11.5. The van der Waals surface area contributed by atoms with E-state index in [1.165, 1.54) is 5.01 Å². The number of hydrogen-bond donors (Lipinski definition) is 8. The molecule has 42 heavy (non-hydrogen) atoms. The van der Waals surface area contributed by atoms with E-state index in [-0.39, 0.29) is 44.5 Å². The zero-order valence-electron chi connectivity index (χ0n) is 23.9. The molecule has 1 aromatic carbocycles. The number of carbonyl (C=O) groups is 5. The number of rotatable bonds is 20. The molecule has 3 amide bonds. The summed E-state index contributed by atoms with van der Waals surface area (Å²) in [5.74, 6) is 0.764. The standard InChI is InChI=1S/C25H42N10O7/c1-17(2)33(28)14-20(36)32-19(9-6-11-29-25(26)27)24(42)35(31-13-22(38)39)15-21(37)34(16-23(40)41)30-12-10-18-7-4-3-5-8-18/h3-5,7-8,17,19,30-31H,6,9-16,28H2,1-2H3,(H,32,36)(H,38,39)(H,40,41)(H4,26,27,29)/t19-/m0/s1. The fourth-order valence-corrected chi connectivity index (χ4v) is 3.48. The van der Waals surface area contributed by atoms with Gasteiger partial charge in [0.05, 0.1) is 6.54 Å². The average Bonchev–Trinajstić information content (AvgIpc) is 2.91. The Hall–Kier alpha value is -4.32. The first-order valence-electron chi connectivity index (χ1n) is 13.2. The van der Waals surface area contributed by atoms with Crippen molar-refractivity contribution in [2.45, 2.75) is 45.2 Å². The summed E-state index contributed by atoms with van der Waals surface area (Å²) in [4.78, 5) is 65.9. The maximum atomic E-state index is 13.5. The van der Waals surface area contributed by atoms with Crippen molar-refractivity contribution in [3.05, 3.63) is 35.9 Å². The number of benzene rings is 1. The maximum Gasteiger partial charge on any atom is 0.324 e. The second kappa shape index (κ2) is 18.9.